The second-order valence-electron chi connectivity index (χ2n) is 11.6. The van der Waals surface area contributed by atoms with Crippen molar-refractivity contribution in [1.29, 1.82) is 0 Å². The third-order valence-electron chi connectivity index (χ3n) is 7.27. The minimum absolute atomic E-state index is 0.00125. The van der Waals surface area contributed by atoms with Gasteiger partial charge in [0.05, 0.1) is 0 Å². The molecule has 0 aliphatic carbocycles. The topological polar surface area (TPSA) is 76.7 Å². The van der Waals surface area contributed by atoms with Crippen LogP contribution in [0.15, 0.2) is 4.79 Å². The van der Waals surface area contributed by atoms with Crippen molar-refractivity contribution in [2.24, 2.45) is 7.05 Å². The number of fused-ring (bicyclic) bond motifs is 3. The first-order valence-corrected chi connectivity index (χ1v) is 17.0. The predicted octanol–water partition coefficient (Wildman–Crippen LogP) is 4.34. The summed E-state index contributed by atoms with van der Waals surface area (Å²) in [7, 11) is -2.74. The number of ether oxygens (including phenoxy) is 2. The molecule has 0 saturated carbocycles. The molecule has 11 heteroatoms. The van der Waals surface area contributed by atoms with Crippen LogP contribution < -0.4 is 10.4 Å². The summed E-state index contributed by atoms with van der Waals surface area (Å²) >= 11 is 5.51. The normalized spacial score (nSPS) is 26.5. The van der Waals surface area contributed by atoms with E-state index in [2.05, 4.69) is 72.7 Å². The second-order valence-corrected chi connectivity index (χ2v) is 21.5. The maximum atomic E-state index is 12.1. The highest BCUT2D eigenvalue weighted by molar-refractivity contribution is 7.71. The van der Waals surface area contributed by atoms with Crippen molar-refractivity contribution in [1.82, 2.24) is 14.1 Å². The standard InChI is InChI=1S/C20H37N3O5SSi2/c1-19(2,3)30(8,9)27-13-12-14(26-15(13)28-31(10,11)20(4,5)6)23-17(25-12)21-16(24)22(7)18(23)29/h12-15H,1-11H3/t12-,13-,14+,15+/m0/s1. The summed E-state index contributed by atoms with van der Waals surface area (Å²) < 4.78 is 29.3. The minimum atomic E-state index is -2.18. The van der Waals surface area contributed by atoms with Gasteiger partial charge in [0.1, 0.15) is 6.10 Å². The molecule has 1 fully saturated rings. The summed E-state index contributed by atoms with van der Waals surface area (Å²) in [5.74, 6) is 0. The van der Waals surface area contributed by atoms with Gasteiger partial charge in [0.2, 0.25) is 0 Å². The van der Waals surface area contributed by atoms with Crippen LogP contribution in [0, 0.1) is 4.77 Å². The van der Waals surface area contributed by atoms with Gasteiger partial charge in [-0.1, -0.05) is 41.5 Å². The van der Waals surface area contributed by atoms with Gasteiger partial charge in [-0.3, -0.25) is 4.57 Å². The van der Waals surface area contributed by atoms with Gasteiger partial charge in [-0.25, -0.2) is 9.36 Å². The van der Waals surface area contributed by atoms with E-state index in [4.69, 9.17) is 30.5 Å². The van der Waals surface area contributed by atoms with Crippen LogP contribution in [-0.4, -0.2) is 49.3 Å². The maximum absolute atomic E-state index is 12.1. The van der Waals surface area contributed by atoms with Gasteiger partial charge in [0.25, 0.3) is 0 Å². The molecule has 0 N–H and O–H groups in total. The number of hydrogen-bond donors (Lipinski definition) is 0. The summed E-state index contributed by atoms with van der Waals surface area (Å²) in [4.78, 5) is 16.2. The molecule has 3 heterocycles. The Kier molecular flexibility index (Phi) is 6.07. The molecule has 8 nitrogen and oxygen atoms in total. The molecule has 1 aromatic rings. The molecule has 1 aromatic heterocycles. The van der Waals surface area contributed by atoms with Crippen LogP contribution in [0.5, 0.6) is 6.01 Å². The van der Waals surface area contributed by atoms with Crippen LogP contribution >= 0.6 is 12.2 Å². The third-order valence-corrected chi connectivity index (χ3v) is 16.7. The molecule has 2 aliphatic rings. The van der Waals surface area contributed by atoms with E-state index in [0.717, 1.165) is 0 Å². The number of aromatic nitrogens is 3. The quantitative estimate of drug-likeness (QED) is 0.462. The van der Waals surface area contributed by atoms with Gasteiger partial charge in [0.15, 0.2) is 40.0 Å². The SMILES string of the molecule is Cn1c(=O)nc2n(c1=S)[C@@H]1O[C@H](O[Si](C)(C)C(C)(C)C)[C@@H](O[Si](C)(C)C(C)(C)C)[C@@H]1O2. The summed E-state index contributed by atoms with van der Waals surface area (Å²) in [5.41, 5.74) is -0.452. The van der Waals surface area contributed by atoms with Crippen LogP contribution in [0.2, 0.25) is 36.3 Å². The Morgan fingerprint density at radius 2 is 1.52 bits per heavy atom. The van der Waals surface area contributed by atoms with Crippen LogP contribution in [0.1, 0.15) is 47.8 Å². The molecule has 2 aliphatic heterocycles. The largest absolute Gasteiger partial charge is 0.453 e. The lowest BCUT2D eigenvalue weighted by molar-refractivity contribution is -0.130. The molecule has 0 amide bonds. The zero-order valence-electron chi connectivity index (χ0n) is 20.6. The number of rotatable bonds is 4. The van der Waals surface area contributed by atoms with Crippen molar-refractivity contribution < 1.29 is 18.3 Å². The molecule has 0 unspecified atom stereocenters. The van der Waals surface area contributed by atoms with Crippen LogP contribution in [0.4, 0.5) is 0 Å². The van der Waals surface area contributed by atoms with E-state index >= 15 is 0 Å². The third kappa shape index (κ3) is 4.24. The lowest BCUT2D eigenvalue weighted by Crippen LogP contribution is -2.53. The molecule has 0 spiro atoms. The Morgan fingerprint density at radius 1 is 1.00 bits per heavy atom. The molecule has 4 atom stereocenters. The number of nitrogens with zero attached hydrogens (tertiary/aromatic N) is 3. The number of hydrogen-bond acceptors (Lipinski definition) is 7. The van der Waals surface area contributed by atoms with Crippen molar-refractivity contribution in [3.63, 3.8) is 0 Å². The molecule has 3 rings (SSSR count). The summed E-state index contributed by atoms with van der Waals surface area (Å²) in [6.45, 7) is 22.0. The van der Waals surface area contributed by atoms with Gasteiger partial charge in [-0.05, 0) is 48.5 Å². The lowest BCUT2D eigenvalue weighted by atomic mass is 10.2. The Labute approximate surface area is 192 Å². The van der Waals surface area contributed by atoms with Crippen molar-refractivity contribution >= 4 is 28.9 Å². The minimum Gasteiger partial charge on any atom is -0.453 e. The monoisotopic (exact) mass is 487 g/mol. The summed E-state index contributed by atoms with van der Waals surface area (Å²) in [6.07, 6.45) is -2.07. The van der Waals surface area contributed by atoms with E-state index in [1.807, 2.05) is 0 Å². The van der Waals surface area contributed by atoms with Crippen molar-refractivity contribution in [3.05, 3.63) is 15.3 Å². The Balaban J connectivity index is 2.03. The summed E-state index contributed by atoms with van der Waals surface area (Å²) in [6, 6.07) is 0.178. The van der Waals surface area contributed by atoms with E-state index in [0.29, 0.717) is 4.77 Å². The fraction of sp³-hybridized carbons (Fsp3) is 0.850. The van der Waals surface area contributed by atoms with Crippen LogP contribution in [-0.2, 0) is 20.6 Å². The van der Waals surface area contributed by atoms with Gasteiger partial charge in [-0.15, -0.1) is 4.98 Å². The Hall–Kier alpha value is -0.856. The maximum Gasteiger partial charge on any atom is 0.354 e. The first kappa shape index (κ1) is 24.8. The molecule has 176 valence electrons. The molecule has 31 heavy (non-hydrogen) atoms. The van der Waals surface area contributed by atoms with Gasteiger partial charge >= 0.3 is 11.7 Å². The van der Waals surface area contributed by atoms with E-state index in [-0.39, 0.29) is 16.1 Å². The highest BCUT2D eigenvalue weighted by atomic mass is 32.1. The highest BCUT2D eigenvalue weighted by Gasteiger charge is 2.58. The van der Waals surface area contributed by atoms with E-state index < -0.39 is 47.1 Å². The first-order valence-electron chi connectivity index (χ1n) is 10.7. The fourth-order valence-electron chi connectivity index (χ4n) is 3.10. The summed E-state index contributed by atoms with van der Waals surface area (Å²) in [5, 5.41) is 0.0113. The average Bonchev–Trinajstić information content (AvgIpc) is 3.06. The molecule has 0 bridgehead atoms. The zero-order chi connectivity index (χ0) is 23.7. The van der Waals surface area contributed by atoms with Crippen molar-refractivity contribution in [2.75, 3.05) is 0 Å². The van der Waals surface area contributed by atoms with Crippen LogP contribution in [0.25, 0.3) is 0 Å². The average molecular weight is 488 g/mol. The van der Waals surface area contributed by atoms with E-state index in [1.54, 1.807) is 11.6 Å². The fourth-order valence-corrected chi connectivity index (χ4v) is 5.77. The van der Waals surface area contributed by atoms with Crippen LogP contribution in [0.3, 0.4) is 0 Å². The lowest BCUT2D eigenvalue weighted by Gasteiger charge is -2.43. The first-order chi connectivity index (χ1) is 13.9. The van der Waals surface area contributed by atoms with E-state index in [1.165, 1.54) is 4.57 Å². The highest BCUT2D eigenvalue weighted by Crippen LogP contribution is 2.47. The van der Waals surface area contributed by atoms with Gasteiger partial charge in [-0.2, -0.15) is 0 Å². The Bertz CT molecular complexity index is 977. The molecule has 0 aromatic carbocycles. The molecule has 0 radical (unpaired) electrons. The predicted molar refractivity (Wildman–Crippen MR) is 127 cm³/mol. The zero-order valence-corrected chi connectivity index (χ0v) is 23.4. The van der Waals surface area contributed by atoms with Gasteiger partial charge in [0, 0.05) is 7.05 Å². The van der Waals surface area contributed by atoms with Crippen molar-refractivity contribution in [2.45, 2.75) is 103 Å². The van der Waals surface area contributed by atoms with E-state index in [9.17, 15) is 4.79 Å². The molecular weight excluding hydrogens is 450 g/mol. The second kappa shape index (κ2) is 7.59. The molecular formula is C20H37N3O5SSi2. The smallest absolute Gasteiger partial charge is 0.354 e. The molecule has 1 saturated heterocycles. The van der Waals surface area contributed by atoms with Gasteiger partial charge < -0.3 is 18.3 Å². The van der Waals surface area contributed by atoms with Crippen molar-refractivity contribution in [3.8, 4) is 6.01 Å². The Morgan fingerprint density at radius 3 is 2.03 bits per heavy atom.